The Bertz CT molecular complexity index is 661. The molecule has 0 bridgehead atoms. The minimum Gasteiger partial charge on any atom is -0.355 e. The zero-order chi connectivity index (χ0) is 16.7. The summed E-state index contributed by atoms with van der Waals surface area (Å²) in [6.07, 6.45) is -0.0938. The second kappa shape index (κ2) is 8.89. The molecule has 0 fully saturated rings. The van der Waals surface area contributed by atoms with E-state index in [1.54, 1.807) is 24.3 Å². The standard InChI is InChI=1S/C17H16ClF2NOS/c18-14-5-3-7-16(20)13(14)10-17(22)21-8-9-23-11-12-4-1-2-6-15(12)19/h1-7H,8-11H2,(H,21,22). The molecule has 0 atom stereocenters. The Kier molecular flexibility index (Phi) is 6.86. The summed E-state index contributed by atoms with van der Waals surface area (Å²) in [4.78, 5) is 11.8. The van der Waals surface area contributed by atoms with Crippen molar-refractivity contribution in [3.63, 3.8) is 0 Å². The maximum absolute atomic E-state index is 13.6. The van der Waals surface area contributed by atoms with Crippen molar-refractivity contribution in [2.45, 2.75) is 12.2 Å². The summed E-state index contributed by atoms with van der Waals surface area (Å²) in [6.45, 7) is 0.435. The number of rotatable bonds is 7. The molecule has 0 unspecified atom stereocenters. The monoisotopic (exact) mass is 355 g/mol. The van der Waals surface area contributed by atoms with Crippen molar-refractivity contribution in [1.29, 1.82) is 0 Å². The number of carbonyl (C=O) groups excluding carboxylic acids is 1. The Morgan fingerprint density at radius 1 is 1.09 bits per heavy atom. The van der Waals surface area contributed by atoms with Crippen LogP contribution < -0.4 is 5.32 Å². The van der Waals surface area contributed by atoms with Crippen LogP contribution >= 0.6 is 23.4 Å². The molecule has 2 rings (SSSR count). The van der Waals surface area contributed by atoms with E-state index in [-0.39, 0.29) is 28.7 Å². The van der Waals surface area contributed by atoms with Crippen LogP contribution in [-0.2, 0) is 17.0 Å². The molecule has 23 heavy (non-hydrogen) atoms. The molecule has 0 aliphatic carbocycles. The fourth-order valence-corrected chi connectivity index (χ4v) is 3.06. The highest BCUT2D eigenvalue weighted by Gasteiger charge is 2.11. The predicted octanol–water partition coefficient (Wildman–Crippen LogP) is 4.21. The van der Waals surface area contributed by atoms with Crippen LogP contribution in [0.3, 0.4) is 0 Å². The number of benzene rings is 2. The fraction of sp³-hybridized carbons (Fsp3) is 0.235. The van der Waals surface area contributed by atoms with E-state index in [2.05, 4.69) is 5.32 Å². The average molecular weight is 356 g/mol. The molecule has 122 valence electrons. The van der Waals surface area contributed by atoms with E-state index in [0.717, 1.165) is 0 Å². The number of nitrogens with one attached hydrogen (secondary N) is 1. The van der Waals surface area contributed by atoms with Crippen LogP contribution in [0.2, 0.25) is 5.02 Å². The van der Waals surface area contributed by atoms with Crippen LogP contribution in [0.5, 0.6) is 0 Å². The number of halogens is 3. The summed E-state index contributed by atoms with van der Waals surface area (Å²) in [5.74, 6) is 0.190. The van der Waals surface area contributed by atoms with Crippen LogP contribution in [0.15, 0.2) is 42.5 Å². The summed E-state index contributed by atoms with van der Waals surface area (Å²) in [7, 11) is 0. The zero-order valence-electron chi connectivity index (χ0n) is 12.3. The Balaban J connectivity index is 1.70. The van der Waals surface area contributed by atoms with Gasteiger partial charge in [-0.1, -0.05) is 35.9 Å². The molecule has 0 radical (unpaired) electrons. The SMILES string of the molecule is O=C(Cc1c(F)cccc1Cl)NCCSCc1ccccc1F. The lowest BCUT2D eigenvalue weighted by atomic mass is 10.1. The van der Waals surface area contributed by atoms with Crippen LogP contribution in [-0.4, -0.2) is 18.2 Å². The molecular weight excluding hydrogens is 340 g/mol. The first-order valence-corrected chi connectivity index (χ1v) is 8.62. The third-order valence-corrected chi connectivity index (χ3v) is 4.55. The summed E-state index contributed by atoms with van der Waals surface area (Å²) in [5.41, 5.74) is 0.840. The summed E-state index contributed by atoms with van der Waals surface area (Å²) < 4.78 is 27.0. The molecule has 1 amide bonds. The van der Waals surface area contributed by atoms with E-state index in [0.29, 0.717) is 23.6 Å². The highest BCUT2D eigenvalue weighted by molar-refractivity contribution is 7.98. The highest BCUT2D eigenvalue weighted by Crippen LogP contribution is 2.19. The van der Waals surface area contributed by atoms with Crippen LogP contribution in [0, 0.1) is 11.6 Å². The Morgan fingerprint density at radius 2 is 1.83 bits per heavy atom. The van der Waals surface area contributed by atoms with Gasteiger partial charge in [0.15, 0.2) is 0 Å². The molecule has 0 saturated heterocycles. The Hall–Kier alpha value is -1.59. The van der Waals surface area contributed by atoms with Crippen molar-refractivity contribution in [3.05, 3.63) is 70.2 Å². The van der Waals surface area contributed by atoms with E-state index in [4.69, 9.17) is 11.6 Å². The van der Waals surface area contributed by atoms with Crippen molar-refractivity contribution in [3.8, 4) is 0 Å². The summed E-state index contributed by atoms with van der Waals surface area (Å²) >= 11 is 7.40. The third-order valence-electron chi connectivity index (χ3n) is 3.18. The van der Waals surface area contributed by atoms with E-state index in [1.807, 2.05) is 0 Å². The smallest absolute Gasteiger partial charge is 0.224 e. The van der Waals surface area contributed by atoms with Gasteiger partial charge in [0.1, 0.15) is 11.6 Å². The second-order valence-electron chi connectivity index (χ2n) is 4.87. The van der Waals surface area contributed by atoms with E-state index in [1.165, 1.54) is 30.0 Å². The van der Waals surface area contributed by atoms with Gasteiger partial charge in [-0.3, -0.25) is 4.79 Å². The lowest BCUT2D eigenvalue weighted by Crippen LogP contribution is -2.27. The van der Waals surface area contributed by atoms with Crippen molar-refractivity contribution in [2.24, 2.45) is 0 Å². The molecule has 0 aliphatic heterocycles. The van der Waals surface area contributed by atoms with Gasteiger partial charge in [-0.05, 0) is 23.8 Å². The van der Waals surface area contributed by atoms with Gasteiger partial charge in [0, 0.05) is 28.6 Å². The van der Waals surface area contributed by atoms with Crippen LogP contribution in [0.1, 0.15) is 11.1 Å². The minimum atomic E-state index is -0.485. The third kappa shape index (κ3) is 5.52. The highest BCUT2D eigenvalue weighted by atomic mass is 35.5. The molecular formula is C17H16ClF2NOS. The first-order valence-electron chi connectivity index (χ1n) is 7.08. The van der Waals surface area contributed by atoms with E-state index >= 15 is 0 Å². The van der Waals surface area contributed by atoms with Crippen molar-refractivity contribution in [2.75, 3.05) is 12.3 Å². The molecule has 0 saturated carbocycles. The number of carbonyl (C=O) groups is 1. The molecule has 6 heteroatoms. The molecule has 2 aromatic carbocycles. The van der Waals surface area contributed by atoms with Gasteiger partial charge in [-0.2, -0.15) is 11.8 Å². The predicted molar refractivity (Wildman–Crippen MR) is 90.7 cm³/mol. The molecule has 0 heterocycles. The van der Waals surface area contributed by atoms with Gasteiger partial charge in [0.05, 0.1) is 6.42 Å². The number of thioether (sulfide) groups is 1. The molecule has 1 N–H and O–H groups in total. The quantitative estimate of drug-likeness (QED) is 0.754. The largest absolute Gasteiger partial charge is 0.355 e. The topological polar surface area (TPSA) is 29.1 Å². The van der Waals surface area contributed by atoms with E-state index in [9.17, 15) is 13.6 Å². The van der Waals surface area contributed by atoms with Crippen molar-refractivity contribution in [1.82, 2.24) is 5.32 Å². The maximum atomic E-state index is 13.6. The number of hydrogen-bond acceptors (Lipinski definition) is 2. The molecule has 2 nitrogen and oxygen atoms in total. The van der Waals surface area contributed by atoms with Gasteiger partial charge in [0.2, 0.25) is 5.91 Å². The van der Waals surface area contributed by atoms with Gasteiger partial charge in [-0.15, -0.1) is 0 Å². The lowest BCUT2D eigenvalue weighted by molar-refractivity contribution is -0.120. The number of hydrogen-bond donors (Lipinski definition) is 1. The number of amides is 1. The van der Waals surface area contributed by atoms with Gasteiger partial charge in [0.25, 0.3) is 0 Å². The summed E-state index contributed by atoms with van der Waals surface area (Å²) in [5, 5.41) is 2.95. The molecule has 0 aromatic heterocycles. The van der Waals surface area contributed by atoms with Crippen LogP contribution in [0.25, 0.3) is 0 Å². The Labute approximate surface area is 143 Å². The average Bonchev–Trinajstić information content (AvgIpc) is 2.52. The Morgan fingerprint density at radius 3 is 2.57 bits per heavy atom. The van der Waals surface area contributed by atoms with Gasteiger partial charge < -0.3 is 5.32 Å². The van der Waals surface area contributed by atoms with Crippen molar-refractivity contribution < 1.29 is 13.6 Å². The first kappa shape index (κ1) is 17.8. The first-order chi connectivity index (χ1) is 11.1. The normalized spacial score (nSPS) is 10.6. The molecule has 0 aliphatic rings. The van der Waals surface area contributed by atoms with Gasteiger partial charge >= 0.3 is 0 Å². The van der Waals surface area contributed by atoms with Crippen LogP contribution in [0.4, 0.5) is 8.78 Å². The van der Waals surface area contributed by atoms with E-state index < -0.39 is 5.82 Å². The fourth-order valence-electron chi connectivity index (χ4n) is 1.98. The summed E-state index contributed by atoms with van der Waals surface area (Å²) in [6, 6.07) is 10.9. The maximum Gasteiger partial charge on any atom is 0.224 e. The lowest BCUT2D eigenvalue weighted by Gasteiger charge is -2.08. The zero-order valence-corrected chi connectivity index (χ0v) is 13.9. The second-order valence-corrected chi connectivity index (χ2v) is 6.38. The minimum absolute atomic E-state index is 0.0938. The molecule has 2 aromatic rings. The van der Waals surface area contributed by atoms with Gasteiger partial charge in [-0.25, -0.2) is 8.78 Å². The van der Waals surface area contributed by atoms with Crippen molar-refractivity contribution >= 4 is 29.3 Å². The molecule has 0 spiro atoms.